The summed E-state index contributed by atoms with van der Waals surface area (Å²) in [4.78, 5) is 24.6. The van der Waals surface area contributed by atoms with E-state index in [9.17, 15) is 9.59 Å². The van der Waals surface area contributed by atoms with E-state index in [-0.39, 0.29) is 25.5 Å². The average Bonchev–Trinajstić information content (AvgIpc) is 2.79. The standard InChI is InChI=1S/C14H14N2O3/c1-2-7-19-12-6-4-3-5-11(12)16-9-10(14(15)18)8-13(16)17/h1,3-6,10H,7-9H2,(H2,15,18). The van der Waals surface area contributed by atoms with Crippen LogP contribution >= 0.6 is 0 Å². The van der Waals surface area contributed by atoms with Crippen LogP contribution in [0.5, 0.6) is 5.75 Å². The molecule has 1 aromatic carbocycles. The Bertz CT molecular complexity index is 548. The molecule has 0 aromatic heterocycles. The van der Waals surface area contributed by atoms with Gasteiger partial charge in [0.25, 0.3) is 0 Å². The number of nitrogens with two attached hydrogens (primary N) is 1. The van der Waals surface area contributed by atoms with Crippen LogP contribution in [-0.2, 0) is 9.59 Å². The van der Waals surface area contributed by atoms with Crippen LogP contribution in [0.1, 0.15) is 6.42 Å². The molecule has 1 aromatic rings. The lowest BCUT2D eigenvalue weighted by atomic mass is 10.1. The summed E-state index contributed by atoms with van der Waals surface area (Å²) >= 11 is 0. The summed E-state index contributed by atoms with van der Waals surface area (Å²) in [6.45, 7) is 0.406. The van der Waals surface area contributed by atoms with Crippen LogP contribution < -0.4 is 15.4 Å². The van der Waals surface area contributed by atoms with Crippen molar-refractivity contribution in [2.24, 2.45) is 11.7 Å². The average molecular weight is 258 g/mol. The molecule has 0 saturated carbocycles. The topological polar surface area (TPSA) is 72.6 Å². The van der Waals surface area contributed by atoms with Crippen molar-refractivity contribution >= 4 is 17.5 Å². The summed E-state index contributed by atoms with van der Waals surface area (Å²) in [5.74, 6) is 1.85. The van der Waals surface area contributed by atoms with Gasteiger partial charge in [0.1, 0.15) is 12.4 Å². The molecule has 1 saturated heterocycles. The summed E-state index contributed by atoms with van der Waals surface area (Å²) in [5, 5.41) is 0. The molecule has 1 aliphatic heterocycles. The lowest BCUT2D eigenvalue weighted by Gasteiger charge is -2.19. The molecule has 2 rings (SSSR count). The number of ether oxygens (including phenoxy) is 1. The third-order valence-corrected chi connectivity index (χ3v) is 2.99. The molecule has 0 aliphatic carbocycles. The molecule has 0 spiro atoms. The van der Waals surface area contributed by atoms with E-state index in [1.54, 1.807) is 24.3 Å². The predicted molar refractivity (Wildman–Crippen MR) is 70.4 cm³/mol. The molecule has 0 bridgehead atoms. The number of hydrogen-bond acceptors (Lipinski definition) is 3. The molecule has 0 radical (unpaired) electrons. The molecule has 2 N–H and O–H groups in total. The van der Waals surface area contributed by atoms with Gasteiger partial charge in [-0.15, -0.1) is 6.42 Å². The molecule has 98 valence electrons. The smallest absolute Gasteiger partial charge is 0.227 e. The van der Waals surface area contributed by atoms with Gasteiger partial charge in [-0.3, -0.25) is 9.59 Å². The van der Waals surface area contributed by atoms with Crippen LogP contribution in [0.2, 0.25) is 0 Å². The molecule has 5 nitrogen and oxygen atoms in total. The lowest BCUT2D eigenvalue weighted by molar-refractivity contribution is -0.123. The molecule has 19 heavy (non-hydrogen) atoms. The van der Waals surface area contributed by atoms with Crippen molar-refractivity contribution < 1.29 is 14.3 Å². The van der Waals surface area contributed by atoms with E-state index in [1.807, 2.05) is 0 Å². The zero-order valence-corrected chi connectivity index (χ0v) is 10.3. The second kappa shape index (κ2) is 5.44. The number of para-hydroxylation sites is 2. The monoisotopic (exact) mass is 258 g/mol. The molecule has 1 heterocycles. The number of terminal acetylenes is 1. The van der Waals surface area contributed by atoms with Gasteiger partial charge in [0.2, 0.25) is 11.8 Å². The van der Waals surface area contributed by atoms with Crippen molar-refractivity contribution in [2.45, 2.75) is 6.42 Å². The molecular formula is C14H14N2O3. The van der Waals surface area contributed by atoms with E-state index < -0.39 is 11.8 Å². The fourth-order valence-corrected chi connectivity index (χ4v) is 2.05. The number of hydrogen-bond donors (Lipinski definition) is 1. The fourth-order valence-electron chi connectivity index (χ4n) is 2.05. The molecule has 1 unspecified atom stereocenters. The van der Waals surface area contributed by atoms with Crippen LogP contribution in [0.4, 0.5) is 5.69 Å². The minimum Gasteiger partial charge on any atom is -0.479 e. The highest BCUT2D eigenvalue weighted by Crippen LogP contribution is 2.32. The van der Waals surface area contributed by atoms with Crippen molar-refractivity contribution in [3.05, 3.63) is 24.3 Å². The number of carbonyl (C=O) groups is 2. The maximum Gasteiger partial charge on any atom is 0.227 e. The quantitative estimate of drug-likeness (QED) is 0.801. The Morgan fingerprint density at radius 3 is 2.89 bits per heavy atom. The number of amides is 2. The van der Waals surface area contributed by atoms with Gasteiger partial charge in [-0.2, -0.15) is 0 Å². The minimum absolute atomic E-state index is 0.123. The highest BCUT2D eigenvalue weighted by atomic mass is 16.5. The zero-order valence-electron chi connectivity index (χ0n) is 10.3. The Balaban J connectivity index is 2.25. The van der Waals surface area contributed by atoms with Gasteiger partial charge in [0, 0.05) is 13.0 Å². The molecule has 5 heteroatoms. The highest BCUT2D eigenvalue weighted by molar-refractivity contribution is 6.01. The lowest BCUT2D eigenvalue weighted by Crippen LogP contribution is -2.28. The summed E-state index contributed by atoms with van der Waals surface area (Å²) in [6, 6.07) is 7.08. The summed E-state index contributed by atoms with van der Waals surface area (Å²) in [7, 11) is 0. The SMILES string of the molecule is C#CCOc1ccccc1N1CC(C(N)=O)CC1=O. The van der Waals surface area contributed by atoms with Gasteiger partial charge in [-0.05, 0) is 12.1 Å². The number of anilines is 1. The number of benzene rings is 1. The Hall–Kier alpha value is -2.48. The van der Waals surface area contributed by atoms with E-state index >= 15 is 0 Å². The van der Waals surface area contributed by atoms with Crippen LogP contribution in [0, 0.1) is 18.3 Å². The van der Waals surface area contributed by atoms with E-state index in [2.05, 4.69) is 5.92 Å². The van der Waals surface area contributed by atoms with Crippen molar-refractivity contribution in [1.29, 1.82) is 0 Å². The Labute approximate surface area is 111 Å². The maximum absolute atomic E-state index is 11.9. The third-order valence-electron chi connectivity index (χ3n) is 2.99. The van der Waals surface area contributed by atoms with E-state index in [0.717, 1.165) is 0 Å². The number of nitrogens with zero attached hydrogens (tertiary/aromatic N) is 1. The predicted octanol–water partition coefficient (Wildman–Crippen LogP) is 0.537. The molecule has 1 atom stereocenters. The van der Waals surface area contributed by atoms with E-state index in [4.69, 9.17) is 16.9 Å². The second-order valence-electron chi connectivity index (χ2n) is 4.27. The maximum atomic E-state index is 11.9. The molecule has 2 amide bonds. The molecule has 1 fully saturated rings. The number of primary amides is 1. The van der Waals surface area contributed by atoms with Crippen LogP contribution in [0.3, 0.4) is 0 Å². The normalized spacial score (nSPS) is 18.2. The Kier molecular flexibility index (Phi) is 3.71. The Morgan fingerprint density at radius 2 is 2.26 bits per heavy atom. The van der Waals surface area contributed by atoms with Crippen LogP contribution in [0.25, 0.3) is 0 Å². The van der Waals surface area contributed by atoms with Gasteiger partial charge in [-0.25, -0.2) is 0 Å². The number of rotatable bonds is 4. The van der Waals surface area contributed by atoms with Gasteiger partial charge < -0.3 is 15.4 Å². The van der Waals surface area contributed by atoms with Crippen molar-refractivity contribution in [3.63, 3.8) is 0 Å². The van der Waals surface area contributed by atoms with Gasteiger partial charge in [0.15, 0.2) is 0 Å². The largest absolute Gasteiger partial charge is 0.479 e. The van der Waals surface area contributed by atoms with E-state index in [1.165, 1.54) is 4.90 Å². The highest BCUT2D eigenvalue weighted by Gasteiger charge is 2.35. The van der Waals surface area contributed by atoms with Gasteiger partial charge in [-0.1, -0.05) is 18.1 Å². The summed E-state index contributed by atoms with van der Waals surface area (Å²) in [5.41, 5.74) is 5.86. The minimum atomic E-state index is -0.460. The second-order valence-corrected chi connectivity index (χ2v) is 4.27. The third kappa shape index (κ3) is 2.68. The van der Waals surface area contributed by atoms with E-state index in [0.29, 0.717) is 11.4 Å². The molecule has 1 aliphatic rings. The fraction of sp³-hybridized carbons (Fsp3) is 0.286. The van der Waals surface area contributed by atoms with Crippen LogP contribution in [0.15, 0.2) is 24.3 Å². The number of carbonyl (C=O) groups excluding carboxylic acids is 2. The van der Waals surface area contributed by atoms with Crippen molar-refractivity contribution in [1.82, 2.24) is 0 Å². The first-order chi connectivity index (χ1) is 9.13. The van der Waals surface area contributed by atoms with Crippen molar-refractivity contribution in [3.8, 4) is 18.1 Å². The van der Waals surface area contributed by atoms with Gasteiger partial charge in [0.05, 0.1) is 11.6 Å². The molecular weight excluding hydrogens is 244 g/mol. The Morgan fingerprint density at radius 1 is 1.53 bits per heavy atom. The van der Waals surface area contributed by atoms with Crippen LogP contribution in [-0.4, -0.2) is 25.0 Å². The first kappa shape index (κ1) is 13.0. The van der Waals surface area contributed by atoms with Gasteiger partial charge >= 0.3 is 0 Å². The first-order valence-corrected chi connectivity index (χ1v) is 5.88. The zero-order chi connectivity index (χ0) is 13.8. The summed E-state index contributed by atoms with van der Waals surface area (Å²) in [6.07, 6.45) is 5.29. The first-order valence-electron chi connectivity index (χ1n) is 5.88. The van der Waals surface area contributed by atoms with Crippen molar-refractivity contribution in [2.75, 3.05) is 18.1 Å². The summed E-state index contributed by atoms with van der Waals surface area (Å²) < 4.78 is 5.40.